The van der Waals surface area contributed by atoms with E-state index in [4.69, 9.17) is 0 Å². The Kier molecular flexibility index (Phi) is 3.07. The van der Waals surface area contributed by atoms with E-state index in [0.29, 0.717) is 5.56 Å². The first-order valence-corrected chi connectivity index (χ1v) is 6.11. The van der Waals surface area contributed by atoms with Gasteiger partial charge in [0.05, 0.1) is 5.69 Å². The fourth-order valence-electron chi connectivity index (χ4n) is 2.14. The summed E-state index contributed by atoms with van der Waals surface area (Å²) in [5.41, 5.74) is 3.25. The van der Waals surface area contributed by atoms with E-state index in [2.05, 4.69) is 4.98 Å². The Morgan fingerprint density at radius 3 is 1.95 bits per heavy atom. The van der Waals surface area contributed by atoms with Crippen LogP contribution in [0.1, 0.15) is 0 Å². The minimum absolute atomic E-state index is 0.217. The van der Waals surface area contributed by atoms with Crippen molar-refractivity contribution < 1.29 is 4.39 Å². The third-order valence-corrected chi connectivity index (χ3v) is 3.03. The molecular formula is C17H12FN. The van der Waals surface area contributed by atoms with E-state index in [0.717, 1.165) is 16.8 Å². The van der Waals surface area contributed by atoms with Crippen LogP contribution in [-0.4, -0.2) is 4.98 Å². The van der Waals surface area contributed by atoms with Gasteiger partial charge in [-0.1, -0.05) is 48.5 Å². The van der Waals surface area contributed by atoms with Crippen molar-refractivity contribution in [2.75, 3.05) is 0 Å². The van der Waals surface area contributed by atoms with Crippen molar-refractivity contribution in [2.45, 2.75) is 0 Å². The summed E-state index contributed by atoms with van der Waals surface area (Å²) in [4.78, 5) is 4.34. The second-order valence-corrected chi connectivity index (χ2v) is 4.24. The van der Waals surface area contributed by atoms with Crippen molar-refractivity contribution >= 4 is 0 Å². The van der Waals surface area contributed by atoms with Crippen LogP contribution in [0.4, 0.5) is 4.39 Å². The topological polar surface area (TPSA) is 12.9 Å². The van der Waals surface area contributed by atoms with Gasteiger partial charge in [-0.05, 0) is 23.8 Å². The quantitative estimate of drug-likeness (QED) is 0.649. The zero-order chi connectivity index (χ0) is 13.1. The summed E-state index contributed by atoms with van der Waals surface area (Å²) < 4.78 is 14.0. The number of hydrogen-bond donors (Lipinski definition) is 0. The summed E-state index contributed by atoms with van der Waals surface area (Å²) in [5.74, 6) is -0.217. The van der Waals surface area contributed by atoms with Gasteiger partial charge in [0.15, 0.2) is 0 Å². The Morgan fingerprint density at radius 2 is 1.26 bits per heavy atom. The maximum absolute atomic E-state index is 14.0. The van der Waals surface area contributed by atoms with Gasteiger partial charge in [-0.25, -0.2) is 4.39 Å². The summed E-state index contributed by atoms with van der Waals surface area (Å²) in [5, 5.41) is 0. The molecule has 3 aromatic rings. The standard InChI is InChI=1S/C17H12FN/c18-16-10-4-3-8-14(16)13-7-1-2-9-15(13)17-11-5-6-12-19-17/h1-12H. The molecule has 2 aromatic carbocycles. The summed E-state index contributed by atoms with van der Waals surface area (Å²) in [7, 11) is 0. The highest BCUT2D eigenvalue weighted by molar-refractivity contribution is 5.81. The number of pyridine rings is 1. The molecule has 0 radical (unpaired) electrons. The Bertz CT molecular complexity index is 692. The first-order valence-electron chi connectivity index (χ1n) is 6.11. The van der Waals surface area contributed by atoms with Crippen molar-refractivity contribution in [1.29, 1.82) is 0 Å². The normalized spacial score (nSPS) is 10.4. The van der Waals surface area contributed by atoms with Gasteiger partial charge in [0.1, 0.15) is 5.82 Å². The molecule has 0 fully saturated rings. The molecule has 1 nitrogen and oxygen atoms in total. The molecule has 0 N–H and O–H groups in total. The van der Waals surface area contributed by atoms with Crippen molar-refractivity contribution in [2.24, 2.45) is 0 Å². The summed E-state index contributed by atoms with van der Waals surface area (Å²) in [6.45, 7) is 0. The highest BCUT2D eigenvalue weighted by Gasteiger charge is 2.10. The molecule has 0 spiro atoms. The first kappa shape index (κ1) is 11.6. The summed E-state index contributed by atoms with van der Waals surface area (Å²) in [6.07, 6.45) is 1.74. The van der Waals surface area contributed by atoms with Crippen molar-refractivity contribution in [1.82, 2.24) is 4.98 Å². The van der Waals surface area contributed by atoms with Gasteiger partial charge in [0.2, 0.25) is 0 Å². The number of nitrogens with zero attached hydrogens (tertiary/aromatic N) is 1. The molecular weight excluding hydrogens is 237 g/mol. The van der Waals surface area contributed by atoms with Gasteiger partial charge in [-0.15, -0.1) is 0 Å². The number of aromatic nitrogens is 1. The molecule has 2 heteroatoms. The number of halogens is 1. The lowest BCUT2D eigenvalue weighted by Gasteiger charge is -2.09. The van der Waals surface area contributed by atoms with E-state index in [1.807, 2.05) is 48.5 Å². The fraction of sp³-hybridized carbons (Fsp3) is 0. The second-order valence-electron chi connectivity index (χ2n) is 4.24. The molecule has 0 unspecified atom stereocenters. The van der Waals surface area contributed by atoms with Crippen LogP contribution in [0.2, 0.25) is 0 Å². The van der Waals surface area contributed by atoms with Gasteiger partial charge in [-0.2, -0.15) is 0 Å². The first-order chi connectivity index (χ1) is 9.36. The summed E-state index contributed by atoms with van der Waals surface area (Å²) in [6, 6.07) is 20.3. The Balaban J connectivity index is 2.21. The van der Waals surface area contributed by atoms with E-state index < -0.39 is 0 Å². The van der Waals surface area contributed by atoms with E-state index in [9.17, 15) is 4.39 Å². The second kappa shape index (κ2) is 5.02. The Hall–Kier alpha value is -2.48. The average molecular weight is 249 g/mol. The highest BCUT2D eigenvalue weighted by atomic mass is 19.1. The van der Waals surface area contributed by atoms with E-state index in [-0.39, 0.29) is 5.82 Å². The van der Waals surface area contributed by atoms with Crippen LogP contribution in [0.3, 0.4) is 0 Å². The fourth-order valence-corrected chi connectivity index (χ4v) is 2.14. The molecule has 0 saturated heterocycles. The monoisotopic (exact) mass is 249 g/mol. The number of benzene rings is 2. The molecule has 0 bridgehead atoms. The third kappa shape index (κ3) is 2.25. The molecule has 19 heavy (non-hydrogen) atoms. The average Bonchev–Trinajstić information content (AvgIpc) is 2.49. The van der Waals surface area contributed by atoms with Crippen molar-refractivity contribution in [3.8, 4) is 22.4 Å². The van der Waals surface area contributed by atoms with Crippen molar-refractivity contribution in [3.05, 3.63) is 78.7 Å². The molecule has 3 rings (SSSR count). The van der Waals surface area contributed by atoms with E-state index in [1.165, 1.54) is 6.07 Å². The molecule has 0 amide bonds. The van der Waals surface area contributed by atoms with Crippen LogP contribution < -0.4 is 0 Å². The molecule has 1 heterocycles. The molecule has 0 aliphatic carbocycles. The van der Waals surface area contributed by atoms with Gasteiger partial charge < -0.3 is 0 Å². The van der Waals surface area contributed by atoms with Crippen molar-refractivity contribution in [3.63, 3.8) is 0 Å². The Labute approximate surface area is 111 Å². The van der Waals surface area contributed by atoms with Crippen LogP contribution in [0.25, 0.3) is 22.4 Å². The third-order valence-electron chi connectivity index (χ3n) is 3.03. The SMILES string of the molecule is Fc1ccccc1-c1ccccc1-c1ccccn1. The van der Waals surface area contributed by atoms with Crippen LogP contribution in [0, 0.1) is 5.82 Å². The number of rotatable bonds is 2. The zero-order valence-corrected chi connectivity index (χ0v) is 10.3. The maximum atomic E-state index is 14.0. The zero-order valence-electron chi connectivity index (χ0n) is 10.3. The van der Waals surface area contributed by atoms with E-state index in [1.54, 1.807) is 18.3 Å². The lowest BCUT2D eigenvalue weighted by atomic mass is 9.97. The molecule has 92 valence electrons. The Morgan fingerprint density at radius 1 is 0.632 bits per heavy atom. The molecule has 1 aromatic heterocycles. The lowest BCUT2D eigenvalue weighted by molar-refractivity contribution is 0.631. The lowest BCUT2D eigenvalue weighted by Crippen LogP contribution is -1.89. The van der Waals surface area contributed by atoms with Crippen LogP contribution >= 0.6 is 0 Å². The minimum Gasteiger partial charge on any atom is -0.256 e. The van der Waals surface area contributed by atoms with Gasteiger partial charge in [-0.3, -0.25) is 4.98 Å². The van der Waals surface area contributed by atoms with Gasteiger partial charge in [0.25, 0.3) is 0 Å². The number of hydrogen-bond acceptors (Lipinski definition) is 1. The van der Waals surface area contributed by atoms with Gasteiger partial charge >= 0.3 is 0 Å². The molecule has 0 aliphatic rings. The minimum atomic E-state index is -0.217. The molecule has 0 aliphatic heterocycles. The van der Waals surface area contributed by atoms with Crippen LogP contribution in [0.15, 0.2) is 72.9 Å². The molecule has 0 saturated carbocycles. The summed E-state index contributed by atoms with van der Waals surface area (Å²) >= 11 is 0. The van der Waals surface area contributed by atoms with Crippen LogP contribution in [0.5, 0.6) is 0 Å². The largest absolute Gasteiger partial charge is 0.256 e. The molecule has 0 atom stereocenters. The van der Waals surface area contributed by atoms with Crippen LogP contribution in [-0.2, 0) is 0 Å². The predicted octanol–water partition coefficient (Wildman–Crippen LogP) is 4.55. The maximum Gasteiger partial charge on any atom is 0.131 e. The van der Waals surface area contributed by atoms with E-state index >= 15 is 0 Å². The highest BCUT2D eigenvalue weighted by Crippen LogP contribution is 2.32. The smallest absolute Gasteiger partial charge is 0.131 e. The predicted molar refractivity (Wildman–Crippen MR) is 75.1 cm³/mol. The van der Waals surface area contributed by atoms with Gasteiger partial charge in [0, 0.05) is 17.3 Å².